The maximum Gasteiger partial charge on any atom is 0.339 e. The first-order chi connectivity index (χ1) is 15.5. The van der Waals surface area contributed by atoms with Gasteiger partial charge in [-0.15, -0.1) is 0 Å². The van der Waals surface area contributed by atoms with Crippen molar-refractivity contribution in [3.63, 3.8) is 0 Å². The first-order valence-corrected chi connectivity index (χ1v) is 10.8. The van der Waals surface area contributed by atoms with Crippen LogP contribution in [0.2, 0.25) is 0 Å². The third kappa shape index (κ3) is 4.15. The van der Waals surface area contributed by atoms with Gasteiger partial charge in [0.25, 0.3) is 0 Å². The first kappa shape index (κ1) is 21.7. The van der Waals surface area contributed by atoms with Crippen molar-refractivity contribution in [2.75, 3.05) is 27.4 Å². The normalized spacial score (nSPS) is 15.3. The van der Waals surface area contributed by atoms with Crippen molar-refractivity contribution in [3.8, 4) is 17.2 Å². The van der Waals surface area contributed by atoms with Gasteiger partial charge in [-0.05, 0) is 48.2 Å². The van der Waals surface area contributed by atoms with Crippen LogP contribution in [0.4, 0.5) is 0 Å². The predicted molar refractivity (Wildman–Crippen MR) is 121 cm³/mol. The zero-order chi connectivity index (χ0) is 22.7. The summed E-state index contributed by atoms with van der Waals surface area (Å²) >= 11 is 0. The lowest BCUT2D eigenvalue weighted by Crippen LogP contribution is -2.42. The number of para-hydroxylation sites is 1. The Kier molecular flexibility index (Phi) is 6.35. The number of hydrogen-bond donors (Lipinski definition) is 0. The number of fused-ring (bicyclic) bond motifs is 2. The van der Waals surface area contributed by atoms with Crippen LogP contribution in [-0.4, -0.2) is 38.2 Å². The van der Waals surface area contributed by atoms with Gasteiger partial charge < -0.3 is 23.5 Å². The molecule has 0 fully saturated rings. The van der Waals surface area contributed by atoms with Crippen LogP contribution in [0.5, 0.6) is 17.2 Å². The minimum atomic E-state index is -0.479. The molecule has 0 aliphatic carbocycles. The monoisotopic (exact) mass is 437 g/mol. The molecule has 168 valence electrons. The minimum absolute atomic E-state index is 0.0824. The van der Waals surface area contributed by atoms with Crippen LogP contribution in [0, 0.1) is 0 Å². The second kappa shape index (κ2) is 9.34. The van der Waals surface area contributed by atoms with Gasteiger partial charge >= 0.3 is 5.63 Å². The van der Waals surface area contributed by atoms with Crippen molar-refractivity contribution in [1.82, 2.24) is 4.90 Å². The summed E-state index contributed by atoms with van der Waals surface area (Å²) in [5.74, 6) is 1.78. The van der Waals surface area contributed by atoms with Gasteiger partial charge in [-0.25, -0.2) is 4.79 Å². The number of nitrogens with zero attached hydrogens (tertiary/aromatic N) is 1. The SMILES string of the molecule is CCCC(=O)N1CCc2cc(OC)c(OC)cc2C1COc1cc(=O)oc2ccccc12. The summed E-state index contributed by atoms with van der Waals surface area (Å²) in [6, 6.07) is 12.2. The smallest absolute Gasteiger partial charge is 0.339 e. The fraction of sp³-hybridized carbons (Fsp3) is 0.360. The molecule has 1 amide bonds. The molecular weight excluding hydrogens is 410 g/mol. The van der Waals surface area contributed by atoms with Gasteiger partial charge in [-0.3, -0.25) is 4.79 Å². The van der Waals surface area contributed by atoms with E-state index >= 15 is 0 Å². The topological polar surface area (TPSA) is 78.2 Å². The summed E-state index contributed by atoms with van der Waals surface area (Å²) in [5, 5.41) is 0.710. The van der Waals surface area contributed by atoms with Crippen LogP contribution < -0.4 is 19.8 Å². The molecule has 0 radical (unpaired) electrons. The zero-order valence-corrected chi connectivity index (χ0v) is 18.6. The van der Waals surface area contributed by atoms with E-state index in [-0.39, 0.29) is 18.6 Å². The molecule has 3 aromatic rings. The molecule has 2 heterocycles. The Labute approximate surface area is 186 Å². The molecule has 1 aliphatic rings. The summed E-state index contributed by atoms with van der Waals surface area (Å²) in [7, 11) is 3.20. The van der Waals surface area contributed by atoms with Crippen molar-refractivity contribution < 1.29 is 23.4 Å². The largest absolute Gasteiger partial charge is 0.493 e. The highest BCUT2D eigenvalue weighted by atomic mass is 16.5. The van der Waals surface area contributed by atoms with Gasteiger partial charge in [-0.2, -0.15) is 0 Å². The second-order valence-electron chi connectivity index (χ2n) is 7.75. The Hall–Kier alpha value is -3.48. The van der Waals surface area contributed by atoms with Gasteiger partial charge in [0, 0.05) is 13.0 Å². The molecule has 0 bridgehead atoms. The molecule has 4 rings (SSSR count). The number of methoxy groups -OCH3 is 2. The van der Waals surface area contributed by atoms with Crippen molar-refractivity contribution in [2.45, 2.75) is 32.2 Å². The van der Waals surface area contributed by atoms with Crippen LogP contribution in [0.25, 0.3) is 11.0 Å². The molecule has 7 heteroatoms. The Morgan fingerprint density at radius 3 is 2.59 bits per heavy atom. The van der Waals surface area contributed by atoms with E-state index in [1.807, 2.05) is 36.1 Å². The number of amides is 1. The van der Waals surface area contributed by atoms with Crippen LogP contribution in [-0.2, 0) is 11.2 Å². The fourth-order valence-electron chi connectivity index (χ4n) is 4.23. The predicted octanol–water partition coefficient (Wildman–Crippen LogP) is 4.12. The zero-order valence-electron chi connectivity index (χ0n) is 18.6. The lowest BCUT2D eigenvalue weighted by Gasteiger charge is -2.37. The molecule has 0 saturated heterocycles. The minimum Gasteiger partial charge on any atom is -0.493 e. The molecule has 0 N–H and O–H groups in total. The maximum atomic E-state index is 12.9. The quantitative estimate of drug-likeness (QED) is 0.518. The molecule has 0 spiro atoms. The number of carbonyl (C=O) groups excluding carboxylic acids is 1. The molecule has 1 aromatic heterocycles. The second-order valence-corrected chi connectivity index (χ2v) is 7.75. The summed E-state index contributed by atoms with van der Waals surface area (Å²) in [5.41, 5.74) is 2.04. The summed E-state index contributed by atoms with van der Waals surface area (Å²) in [4.78, 5) is 26.8. The standard InChI is InChI=1S/C25H27NO6/c1-4-7-24(27)26-11-10-16-12-22(29-2)23(30-3)13-18(16)19(26)15-31-21-14-25(28)32-20-9-6-5-8-17(20)21/h5-6,8-9,12-14,19H,4,7,10-11,15H2,1-3H3. The lowest BCUT2D eigenvalue weighted by atomic mass is 9.91. The number of benzene rings is 2. The number of carbonyl (C=O) groups is 1. The number of hydrogen-bond acceptors (Lipinski definition) is 6. The fourth-order valence-corrected chi connectivity index (χ4v) is 4.23. The highest BCUT2D eigenvalue weighted by Gasteiger charge is 2.32. The lowest BCUT2D eigenvalue weighted by molar-refractivity contribution is -0.134. The Morgan fingerprint density at radius 1 is 1.09 bits per heavy atom. The highest BCUT2D eigenvalue weighted by Crippen LogP contribution is 2.39. The third-order valence-corrected chi connectivity index (χ3v) is 5.80. The summed E-state index contributed by atoms with van der Waals surface area (Å²) < 4.78 is 22.4. The van der Waals surface area contributed by atoms with Crippen molar-refractivity contribution in [2.24, 2.45) is 0 Å². The molecule has 0 saturated carbocycles. The molecule has 7 nitrogen and oxygen atoms in total. The first-order valence-electron chi connectivity index (χ1n) is 10.8. The molecule has 1 atom stereocenters. The average molecular weight is 437 g/mol. The van der Waals surface area contributed by atoms with E-state index in [0.717, 1.165) is 24.0 Å². The van der Waals surface area contributed by atoms with Crippen LogP contribution in [0.3, 0.4) is 0 Å². The van der Waals surface area contributed by atoms with Gasteiger partial charge in [0.2, 0.25) is 5.91 Å². The van der Waals surface area contributed by atoms with Gasteiger partial charge in [0.1, 0.15) is 17.9 Å². The molecule has 1 aliphatic heterocycles. The van der Waals surface area contributed by atoms with E-state index in [0.29, 0.717) is 41.2 Å². The average Bonchev–Trinajstić information content (AvgIpc) is 2.81. The van der Waals surface area contributed by atoms with E-state index in [9.17, 15) is 9.59 Å². The number of ether oxygens (including phenoxy) is 3. The van der Waals surface area contributed by atoms with Crippen LogP contribution in [0.1, 0.15) is 36.9 Å². The molecule has 2 aromatic carbocycles. The van der Waals surface area contributed by atoms with Crippen molar-refractivity contribution in [3.05, 3.63) is 64.0 Å². The van der Waals surface area contributed by atoms with E-state index in [2.05, 4.69) is 0 Å². The van der Waals surface area contributed by atoms with Crippen LogP contribution in [0.15, 0.2) is 51.7 Å². The Bertz CT molecular complexity index is 1180. The molecule has 1 unspecified atom stereocenters. The van der Waals surface area contributed by atoms with E-state index < -0.39 is 5.63 Å². The summed E-state index contributed by atoms with van der Waals surface area (Å²) in [6.45, 7) is 2.78. The molecular formula is C25H27NO6. The Morgan fingerprint density at radius 2 is 1.84 bits per heavy atom. The summed E-state index contributed by atoms with van der Waals surface area (Å²) in [6.07, 6.45) is 1.96. The molecule has 32 heavy (non-hydrogen) atoms. The van der Waals surface area contributed by atoms with E-state index in [1.54, 1.807) is 26.4 Å². The van der Waals surface area contributed by atoms with Crippen LogP contribution >= 0.6 is 0 Å². The third-order valence-electron chi connectivity index (χ3n) is 5.80. The van der Waals surface area contributed by atoms with Crippen molar-refractivity contribution in [1.29, 1.82) is 0 Å². The van der Waals surface area contributed by atoms with Gasteiger partial charge in [-0.1, -0.05) is 19.1 Å². The van der Waals surface area contributed by atoms with Gasteiger partial charge in [0.05, 0.1) is 31.7 Å². The number of rotatable bonds is 7. The highest BCUT2D eigenvalue weighted by molar-refractivity contribution is 5.83. The van der Waals surface area contributed by atoms with Gasteiger partial charge in [0.15, 0.2) is 11.5 Å². The van der Waals surface area contributed by atoms with Crippen molar-refractivity contribution >= 4 is 16.9 Å². The Balaban J connectivity index is 1.72. The maximum absolute atomic E-state index is 12.9. The van der Waals surface area contributed by atoms with E-state index in [1.165, 1.54) is 6.07 Å². The van der Waals surface area contributed by atoms with E-state index in [4.69, 9.17) is 18.6 Å².